The van der Waals surface area contributed by atoms with Gasteiger partial charge in [-0.05, 0) is 52.9 Å². The van der Waals surface area contributed by atoms with E-state index in [1.165, 1.54) is 21.3 Å². The van der Waals surface area contributed by atoms with Crippen molar-refractivity contribution in [2.24, 2.45) is 0 Å². The van der Waals surface area contributed by atoms with Crippen molar-refractivity contribution in [3.05, 3.63) is 39.5 Å². The van der Waals surface area contributed by atoms with Crippen LogP contribution < -0.4 is 24.3 Å². The van der Waals surface area contributed by atoms with Gasteiger partial charge >= 0.3 is 0 Å². The Kier molecular flexibility index (Phi) is 6.13. The van der Waals surface area contributed by atoms with Gasteiger partial charge in [0.05, 0.1) is 34.1 Å². The molecular weight excluding hydrogens is 425 g/mol. The highest BCUT2D eigenvalue weighted by Crippen LogP contribution is 2.38. The quantitative estimate of drug-likeness (QED) is 0.692. The molecule has 0 radical (unpaired) electrons. The molecule has 128 valence electrons. The van der Waals surface area contributed by atoms with Gasteiger partial charge in [0.15, 0.2) is 11.5 Å². The molecule has 0 atom stereocenters. The zero-order chi connectivity index (χ0) is 17.7. The molecule has 0 aliphatic rings. The first-order valence-electron chi connectivity index (χ1n) is 6.99. The summed E-state index contributed by atoms with van der Waals surface area (Å²) < 4.78 is 22.1. The third-order valence-electron chi connectivity index (χ3n) is 3.34. The molecule has 2 rings (SSSR count). The lowest BCUT2D eigenvalue weighted by Crippen LogP contribution is -2.13. The minimum absolute atomic E-state index is 0.311. The van der Waals surface area contributed by atoms with E-state index in [-0.39, 0.29) is 5.91 Å². The molecular formula is C17H18INO5. The van der Waals surface area contributed by atoms with Gasteiger partial charge < -0.3 is 24.3 Å². The topological polar surface area (TPSA) is 66.0 Å². The summed E-state index contributed by atoms with van der Waals surface area (Å²) in [6, 6.07) is 8.70. The second kappa shape index (κ2) is 8.09. The number of rotatable bonds is 6. The van der Waals surface area contributed by atoms with Crippen molar-refractivity contribution in [3.8, 4) is 23.0 Å². The SMILES string of the molecule is COc1cc(I)ccc1NC(=O)c1cc(OC)c(OC)c(OC)c1. The number of anilines is 1. The Bertz CT molecular complexity index is 723. The highest BCUT2D eigenvalue weighted by molar-refractivity contribution is 14.1. The van der Waals surface area contributed by atoms with Gasteiger partial charge in [-0.3, -0.25) is 4.79 Å². The Morgan fingerprint density at radius 1 is 0.875 bits per heavy atom. The predicted octanol–water partition coefficient (Wildman–Crippen LogP) is 3.58. The average molecular weight is 443 g/mol. The molecule has 0 fully saturated rings. The molecule has 0 bridgehead atoms. The van der Waals surface area contributed by atoms with Crippen molar-refractivity contribution in [2.45, 2.75) is 0 Å². The van der Waals surface area contributed by atoms with Crippen molar-refractivity contribution in [3.63, 3.8) is 0 Å². The van der Waals surface area contributed by atoms with Crippen molar-refractivity contribution in [1.82, 2.24) is 0 Å². The van der Waals surface area contributed by atoms with Crippen LogP contribution in [0.1, 0.15) is 10.4 Å². The zero-order valence-corrected chi connectivity index (χ0v) is 16.0. The molecule has 0 aromatic heterocycles. The van der Waals surface area contributed by atoms with Crippen LogP contribution in [0.2, 0.25) is 0 Å². The number of ether oxygens (including phenoxy) is 4. The van der Waals surface area contributed by atoms with E-state index in [0.717, 1.165) is 3.57 Å². The molecule has 1 N–H and O–H groups in total. The van der Waals surface area contributed by atoms with Gasteiger partial charge in [0.25, 0.3) is 5.91 Å². The maximum absolute atomic E-state index is 12.6. The lowest BCUT2D eigenvalue weighted by molar-refractivity contribution is 0.102. The Labute approximate surface area is 154 Å². The number of halogens is 1. The predicted molar refractivity (Wildman–Crippen MR) is 99.8 cm³/mol. The lowest BCUT2D eigenvalue weighted by atomic mass is 10.1. The number of nitrogens with one attached hydrogen (secondary N) is 1. The van der Waals surface area contributed by atoms with E-state index in [0.29, 0.717) is 34.2 Å². The van der Waals surface area contributed by atoms with Gasteiger partial charge in [-0.25, -0.2) is 0 Å². The number of benzene rings is 2. The van der Waals surface area contributed by atoms with E-state index in [4.69, 9.17) is 18.9 Å². The van der Waals surface area contributed by atoms with E-state index in [1.807, 2.05) is 12.1 Å². The van der Waals surface area contributed by atoms with Crippen LogP contribution in [0.3, 0.4) is 0 Å². The number of carbonyl (C=O) groups is 1. The average Bonchev–Trinajstić information content (AvgIpc) is 2.61. The molecule has 0 unspecified atom stereocenters. The van der Waals surface area contributed by atoms with E-state index in [9.17, 15) is 4.79 Å². The molecule has 2 aromatic rings. The van der Waals surface area contributed by atoms with Gasteiger partial charge in [0.1, 0.15) is 5.75 Å². The van der Waals surface area contributed by atoms with Crippen LogP contribution in [0.4, 0.5) is 5.69 Å². The number of amides is 1. The zero-order valence-electron chi connectivity index (χ0n) is 13.8. The lowest BCUT2D eigenvalue weighted by Gasteiger charge is -2.15. The Morgan fingerprint density at radius 3 is 1.96 bits per heavy atom. The Balaban J connectivity index is 2.36. The summed E-state index contributed by atoms with van der Waals surface area (Å²) >= 11 is 2.18. The molecule has 0 spiro atoms. The number of methoxy groups -OCH3 is 4. The van der Waals surface area contributed by atoms with Gasteiger partial charge in [-0.1, -0.05) is 0 Å². The van der Waals surface area contributed by atoms with E-state index < -0.39 is 0 Å². The fraction of sp³-hybridized carbons (Fsp3) is 0.235. The summed E-state index contributed by atoms with van der Waals surface area (Å²) in [5, 5.41) is 2.83. The van der Waals surface area contributed by atoms with Crippen LogP contribution in [-0.2, 0) is 0 Å². The molecule has 2 aromatic carbocycles. The van der Waals surface area contributed by atoms with Crippen LogP contribution in [0, 0.1) is 3.57 Å². The van der Waals surface area contributed by atoms with Gasteiger partial charge in [0.2, 0.25) is 5.75 Å². The minimum atomic E-state index is -0.311. The van der Waals surface area contributed by atoms with E-state index >= 15 is 0 Å². The summed E-state index contributed by atoms with van der Waals surface area (Å²) in [5.74, 6) is 1.54. The van der Waals surface area contributed by atoms with Gasteiger partial charge in [0, 0.05) is 9.13 Å². The summed E-state index contributed by atoms with van der Waals surface area (Å²) in [6.07, 6.45) is 0. The number of carbonyl (C=O) groups excluding carboxylic acids is 1. The Morgan fingerprint density at radius 2 is 1.46 bits per heavy atom. The molecule has 0 heterocycles. The molecule has 0 aliphatic heterocycles. The standard InChI is InChI=1S/C17H18INO5/c1-21-13-9-11(18)5-6-12(13)19-17(20)10-7-14(22-2)16(24-4)15(8-10)23-3/h5-9H,1-4H3,(H,19,20). The van der Waals surface area contributed by atoms with Crippen LogP contribution >= 0.6 is 22.6 Å². The van der Waals surface area contributed by atoms with Crippen LogP contribution in [0.25, 0.3) is 0 Å². The van der Waals surface area contributed by atoms with E-state index in [1.54, 1.807) is 25.3 Å². The van der Waals surface area contributed by atoms with Gasteiger partial charge in [-0.15, -0.1) is 0 Å². The van der Waals surface area contributed by atoms with Crippen LogP contribution in [-0.4, -0.2) is 34.3 Å². The maximum atomic E-state index is 12.6. The summed E-state index contributed by atoms with van der Waals surface area (Å²) in [4.78, 5) is 12.6. The van der Waals surface area contributed by atoms with Crippen LogP contribution in [0.5, 0.6) is 23.0 Å². The van der Waals surface area contributed by atoms with Crippen molar-refractivity contribution in [1.29, 1.82) is 0 Å². The molecule has 0 aliphatic carbocycles. The first kappa shape index (κ1) is 18.2. The van der Waals surface area contributed by atoms with Crippen molar-refractivity contribution in [2.75, 3.05) is 33.8 Å². The smallest absolute Gasteiger partial charge is 0.256 e. The van der Waals surface area contributed by atoms with Crippen molar-refractivity contribution < 1.29 is 23.7 Å². The third-order valence-corrected chi connectivity index (χ3v) is 4.01. The summed E-state index contributed by atoms with van der Waals surface area (Å²) in [5.41, 5.74) is 0.960. The Hall–Kier alpha value is -2.16. The van der Waals surface area contributed by atoms with Gasteiger partial charge in [-0.2, -0.15) is 0 Å². The molecule has 0 saturated carbocycles. The fourth-order valence-corrected chi connectivity index (χ4v) is 2.64. The maximum Gasteiger partial charge on any atom is 0.256 e. The molecule has 0 saturated heterocycles. The number of hydrogen-bond donors (Lipinski definition) is 1. The molecule has 6 nitrogen and oxygen atoms in total. The monoisotopic (exact) mass is 443 g/mol. The highest BCUT2D eigenvalue weighted by atomic mass is 127. The first-order chi connectivity index (χ1) is 11.5. The summed E-state index contributed by atoms with van der Waals surface area (Å²) in [7, 11) is 6.07. The minimum Gasteiger partial charge on any atom is -0.495 e. The first-order valence-corrected chi connectivity index (χ1v) is 8.06. The molecule has 1 amide bonds. The number of hydrogen-bond acceptors (Lipinski definition) is 5. The third kappa shape index (κ3) is 3.84. The second-order valence-electron chi connectivity index (χ2n) is 4.71. The van der Waals surface area contributed by atoms with Crippen molar-refractivity contribution >= 4 is 34.2 Å². The second-order valence-corrected chi connectivity index (χ2v) is 5.96. The summed E-state index contributed by atoms with van der Waals surface area (Å²) in [6.45, 7) is 0. The fourth-order valence-electron chi connectivity index (χ4n) is 2.17. The molecule has 24 heavy (non-hydrogen) atoms. The van der Waals surface area contributed by atoms with Crippen LogP contribution in [0.15, 0.2) is 30.3 Å². The highest BCUT2D eigenvalue weighted by Gasteiger charge is 2.18. The normalized spacial score (nSPS) is 10.0. The largest absolute Gasteiger partial charge is 0.495 e. The molecule has 7 heteroatoms. The van der Waals surface area contributed by atoms with E-state index in [2.05, 4.69) is 27.9 Å².